The maximum Gasteiger partial charge on any atom is 0.250 e. The fourth-order valence-electron chi connectivity index (χ4n) is 3.93. The summed E-state index contributed by atoms with van der Waals surface area (Å²) in [6.45, 7) is 3.39. The summed E-state index contributed by atoms with van der Waals surface area (Å²) < 4.78 is 5.67. The van der Waals surface area contributed by atoms with Gasteiger partial charge in [0.25, 0.3) is 5.91 Å². The SMILES string of the molecule is CN(c1ccc(C(N)=O)c2[nH]c(-c3ccc4c(c3)NCCO4)cc12)C1CNC1. The summed E-state index contributed by atoms with van der Waals surface area (Å²) in [5.41, 5.74) is 11.0. The molecule has 0 spiro atoms. The Kier molecular flexibility index (Phi) is 3.91. The molecule has 1 fully saturated rings. The topological polar surface area (TPSA) is 95.4 Å². The first-order chi connectivity index (χ1) is 13.6. The number of aromatic nitrogens is 1. The lowest BCUT2D eigenvalue weighted by molar-refractivity contribution is 0.100. The van der Waals surface area contributed by atoms with Crippen molar-refractivity contribution in [1.82, 2.24) is 10.3 Å². The number of rotatable bonds is 4. The van der Waals surface area contributed by atoms with Crippen molar-refractivity contribution in [2.45, 2.75) is 6.04 Å². The summed E-state index contributed by atoms with van der Waals surface area (Å²) in [4.78, 5) is 17.7. The quantitative estimate of drug-likeness (QED) is 0.559. The van der Waals surface area contributed by atoms with Crippen LogP contribution in [0.1, 0.15) is 10.4 Å². The zero-order valence-electron chi connectivity index (χ0n) is 15.7. The maximum atomic E-state index is 12.0. The number of H-pyrrole nitrogens is 1. The van der Waals surface area contributed by atoms with Gasteiger partial charge in [0.15, 0.2) is 0 Å². The van der Waals surface area contributed by atoms with E-state index in [1.807, 2.05) is 24.3 Å². The molecule has 1 aromatic heterocycles. The molecule has 2 aromatic carbocycles. The van der Waals surface area contributed by atoms with Crippen LogP contribution in [0.4, 0.5) is 11.4 Å². The van der Waals surface area contributed by atoms with Crippen molar-refractivity contribution in [3.8, 4) is 17.0 Å². The van der Waals surface area contributed by atoms with E-state index in [4.69, 9.17) is 10.5 Å². The molecule has 1 saturated heterocycles. The first-order valence-corrected chi connectivity index (χ1v) is 9.52. The Morgan fingerprint density at radius 2 is 2.07 bits per heavy atom. The van der Waals surface area contributed by atoms with Crippen LogP contribution in [0.25, 0.3) is 22.2 Å². The lowest BCUT2D eigenvalue weighted by Crippen LogP contribution is -2.56. The molecule has 2 aliphatic rings. The number of ether oxygens (including phenoxy) is 1. The van der Waals surface area contributed by atoms with Crippen molar-refractivity contribution in [2.24, 2.45) is 5.73 Å². The fraction of sp³-hybridized carbons (Fsp3) is 0.286. The third-order valence-corrected chi connectivity index (χ3v) is 5.69. The summed E-state index contributed by atoms with van der Waals surface area (Å²) in [5.74, 6) is 0.431. The second kappa shape index (κ2) is 6.45. The monoisotopic (exact) mass is 377 g/mol. The molecule has 0 atom stereocenters. The van der Waals surface area contributed by atoms with E-state index in [0.717, 1.165) is 58.9 Å². The van der Waals surface area contributed by atoms with Crippen molar-refractivity contribution in [3.63, 3.8) is 0 Å². The van der Waals surface area contributed by atoms with Crippen molar-refractivity contribution in [2.75, 3.05) is 43.5 Å². The third kappa shape index (κ3) is 2.66. The Morgan fingerprint density at radius 3 is 2.82 bits per heavy atom. The van der Waals surface area contributed by atoms with E-state index < -0.39 is 5.91 Å². The molecule has 0 unspecified atom stereocenters. The van der Waals surface area contributed by atoms with Crippen LogP contribution in [0.5, 0.6) is 5.75 Å². The highest BCUT2D eigenvalue weighted by molar-refractivity contribution is 6.10. The highest BCUT2D eigenvalue weighted by Gasteiger charge is 2.25. The molecule has 0 radical (unpaired) electrons. The van der Waals surface area contributed by atoms with E-state index >= 15 is 0 Å². The number of benzene rings is 2. The number of amides is 1. The van der Waals surface area contributed by atoms with E-state index in [1.54, 1.807) is 0 Å². The Morgan fingerprint density at radius 1 is 1.21 bits per heavy atom. The molecule has 1 amide bonds. The minimum absolute atomic E-state index is 0.432. The Labute approximate surface area is 162 Å². The van der Waals surface area contributed by atoms with Gasteiger partial charge in [-0.1, -0.05) is 0 Å². The highest BCUT2D eigenvalue weighted by Crippen LogP contribution is 2.37. The third-order valence-electron chi connectivity index (χ3n) is 5.69. The Bertz CT molecular complexity index is 1070. The van der Waals surface area contributed by atoms with Crippen molar-refractivity contribution >= 4 is 28.2 Å². The number of primary amides is 1. The lowest BCUT2D eigenvalue weighted by atomic mass is 10.0. The number of nitrogens with zero attached hydrogens (tertiary/aromatic N) is 1. The second-order valence-corrected chi connectivity index (χ2v) is 7.38. The van der Waals surface area contributed by atoms with Gasteiger partial charge in [-0.05, 0) is 36.4 Å². The van der Waals surface area contributed by atoms with Crippen LogP contribution in [0.3, 0.4) is 0 Å². The van der Waals surface area contributed by atoms with Gasteiger partial charge in [0.05, 0.1) is 22.8 Å². The molecule has 28 heavy (non-hydrogen) atoms. The molecule has 3 heterocycles. The minimum Gasteiger partial charge on any atom is -0.490 e. The van der Waals surface area contributed by atoms with Gasteiger partial charge < -0.3 is 31.0 Å². The molecule has 5 rings (SSSR count). The zero-order valence-corrected chi connectivity index (χ0v) is 15.7. The van der Waals surface area contributed by atoms with Crippen molar-refractivity contribution < 1.29 is 9.53 Å². The highest BCUT2D eigenvalue weighted by atomic mass is 16.5. The van der Waals surface area contributed by atoms with Crippen LogP contribution in [-0.2, 0) is 0 Å². The van der Waals surface area contributed by atoms with Gasteiger partial charge in [-0.2, -0.15) is 0 Å². The lowest BCUT2D eigenvalue weighted by Gasteiger charge is -2.37. The number of nitrogens with one attached hydrogen (secondary N) is 3. The number of likely N-dealkylation sites (N-methyl/N-ethyl adjacent to an activating group) is 1. The standard InChI is InChI=1S/C21H23N5O2/c1-26(13-10-23-11-13)18-4-3-14(21(22)27)20-15(18)9-16(25-20)12-2-5-19-17(8-12)24-6-7-28-19/h2-5,8-9,13,23-25H,6-7,10-11H2,1H3,(H2,22,27). The number of hydrogen-bond acceptors (Lipinski definition) is 5. The Balaban J connectivity index is 1.64. The zero-order chi connectivity index (χ0) is 19.3. The smallest absolute Gasteiger partial charge is 0.250 e. The molecule has 2 aliphatic heterocycles. The predicted octanol–water partition coefficient (Wildman–Crippen LogP) is 2.15. The van der Waals surface area contributed by atoms with E-state index in [0.29, 0.717) is 18.2 Å². The van der Waals surface area contributed by atoms with Crippen molar-refractivity contribution in [1.29, 1.82) is 0 Å². The van der Waals surface area contributed by atoms with Crippen LogP contribution in [-0.4, -0.2) is 50.2 Å². The number of aromatic amines is 1. The molecule has 0 bridgehead atoms. The average Bonchev–Trinajstić information content (AvgIpc) is 3.10. The Hall–Kier alpha value is -3.19. The fourth-order valence-corrected chi connectivity index (χ4v) is 3.93. The van der Waals surface area contributed by atoms with Gasteiger partial charge in [0.1, 0.15) is 12.4 Å². The average molecular weight is 377 g/mol. The van der Waals surface area contributed by atoms with Crippen LogP contribution in [0.2, 0.25) is 0 Å². The van der Waals surface area contributed by atoms with Crippen LogP contribution in [0, 0.1) is 0 Å². The molecule has 0 saturated carbocycles. The number of hydrogen-bond donors (Lipinski definition) is 4. The maximum absolute atomic E-state index is 12.0. The summed E-state index contributed by atoms with van der Waals surface area (Å²) in [6, 6.07) is 12.4. The van der Waals surface area contributed by atoms with Gasteiger partial charge in [0, 0.05) is 49.0 Å². The molecular weight excluding hydrogens is 354 g/mol. The number of anilines is 2. The van der Waals surface area contributed by atoms with Crippen LogP contribution >= 0.6 is 0 Å². The summed E-state index contributed by atoms with van der Waals surface area (Å²) in [5, 5.41) is 7.68. The summed E-state index contributed by atoms with van der Waals surface area (Å²) in [6.07, 6.45) is 0. The first-order valence-electron chi connectivity index (χ1n) is 9.52. The van der Waals surface area contributed by atoms with Gasteiger partial charge in [-0.25, -0.2) is 0 Å². The first kappa shape index (κ1) is 16.9. The van der Waals surface area contributed by atoms with Gasteiger partial charge in [-0.3, -0.25) is 4.79 Å². The van der Waals surface area contributed by atoms with Crippen LogP contribution < -0.4 is 26.0 Å². The van der Waals surface area contributed by atoms with Gasteiger partial charge in [-0.15, -0.1) is 0 Å². The molecule has 5 N–H and O–H groups in total. The van der Waals surface area contributed by atoms with Crippen LogP contribution in [0.15, 0.2) is 36.4 Å². The summed E-state index contributed by atoms with van der Waals surface area (Å²) in [7, 11) is 2.09. The minimum atomic E-state index is -0.432. The van der Waals surface area contributed by atoms with E-state index in [1.165, 1.54) is 0 Å². The molecule has 3 aromatic rings. The molecule has 0 aliphatic carbocycles. The second-order valence-electron chi connectivity index (χ2n) is 7.38. The van der Waals surface area contributed by atoms with Gasteiger partial charge >= 0.3 is 0 Å². The number of fused-ring (bicyclic) bond motifs is 2. The van der Waals surface area contributed by atoms with E-state index in [2.05, 4.69) is 39.7 Å². The number of nitrogens with two attached hydrogens (primary N) is 1. The van der Waals surface area contributed by atoms with Gasteiger partial charge in [0.2, 0.25) is 0 Å². The molecule has 7 heteroatoms. The van der Waals surface area contributed by atoms with Crippen molar-refractivity contribution in [3.05, 3.63) is 42.0 Å². The van der Waals surface area contributed by atoms with E-state index in [-0.39, 0.29) is 0 Å². The van der Waals surface area contributed by atoms with E-state index in [9.17, 15) is 4.79 Å². The predicted molar refractivity (Wildman–Crippen MR) is 111 cm³/mol. The number of carbonyl (C=O) groups excluding carboxylic acids is 1. The molecule has 7 nitrogen and oxygen atoms in total. The molecular formula is C21H23N5O2. The largest absolute Gasteiger partial charge is 0.490 e. The summed E-state index contributed by atoms with van der Waals surface area (Å²) >= 11 is 0. The molecule has 144 valence electrons. The number of carbonyl (C=O) groups is 1. The normalized spacial score (nSPS) is 16.0.